The Morgan fingerprint density at radius 3 is 2.73 bits per heavy atom. The number of aryl methyl sites for hydroxylation is 1. The van der Waals surface area contributed by atoms with E-state index in [-0.39, 0.29) is 11.3 Å². The number of alkyl halides is 2. The van der Waals surface area contributed by atoms with Crippen molar-refractivity contribution in [1.82, 2.24) is 0 Å². The average molecular weight is 279 g/mol. The molecule has 1 rings (SSSR count). The summed E-state index contributed by atoms with van der Waals surface area (Å²) < 4.78 is 29.5. The Morgan fingerprint density at radius 1 is 1.53 bits per heavy atom. The summed E-state index contributed by atoms with van der Waals surface area (Å²) >= 11 is 3.21. The maximum atomic E-state index is 11.9. The predicted octanol–water partition coefficient (Wildman–Crippen LogP) is 3.21. The highest BCUT2D eigenvalue weighted by atomic mass is 79.9. The van der Waals surface area contributed by atoms with E-state index >= 15 is 0 Å². The second-order valence-electron chi connectivity index (χ2n) is 2.96. The molecule has 2 nitrogen and oxygen atoms in total. The minimum atomic E-state index is -2.55. The summed E-state index contributed by atoms with van der Waals surface area (Å²) in [6.07, 6.45) is -1.97. The molecule has 0 spiro atoms. The molecule has 0 saturated heterocycles. The molecule has 0 aromatic heterocycles. The monoisotopic (exact) mass is 278 g/mol. The molecular formula is C10H9BrF2O2. The number of halogens is 3. The molecule has 5 heteroatoms. The van der Waals surface area contributed by atoms with Crippen molar-refractivity contribution in [2.45, 2.75) is 13.3 Å². The Labute approximate surface area is 94.4 Å². The third-order valence-corrected chi connectivity index (χ3v) is 2.21. The van der Waals surface area contributed by atoms with Gasteiger partial charge in [-0.3, -0.25) is 4.79 Å². The number of rotatable bonds is 4. The van der Waals surface area contributed by atoms with Crippen molar-refractivity contribution in [3.05, 3.63) is 27.7 Å². The number of benzene rings is 1. The zero-order chi connectivity index (χ0) is 11.4. The molecule has 15 heavy (non-hydrogen) atoms. The van der Waals surface area contributed by atoms with Gasteiger partial charge in [-0.15, -0.1) is 0 Å². The van der Waals surface area contributed by atoms with Crippen LogP contribution in [-0.4, -0.2) is 19.3 Å². The van der Waals surface area contributed by atoms with Gasteiger partial charge in [0.15, 0.2) is 6.29 Å². The van der Waals surface area contributed by atoms with E-state index in [1.807, 2.05) is 0 Å². The van der Waals surface area contributed by atoms with Crippen LogP contribution in [0.25, 0.3) is 0 Å². The summed E-state index contributed by atoms with van der Waals surface area (Å²) in [5.41, 5.74) is 0.912. The van der Waals surface area contributed by atoms with Crippen molar-refractivity contribution < 1.29 is 18.3 Å². The van der Waals surface area contributed by atoms with Crippen LogP contribution in [0.3, 0.4) is 0 Å². The van der Waals surface area contributed by atoms with Crippen LogP contribution in [0, 0.1) is 6.92 Å². The third-order valence-electron chi connectivity index (χ3n) is 1.75. The Bertz CT molecular complexity index is 367. The molecule has 0 bridgehead atoms. The predicted molar refractivity (Wildman–Crippen MR) is 55.8 cm³/mol. The molecule has 0 N–H and O–H groups in total. The minimum Gasteiger partial charge on any atom is -0.487 e. The molecule has 0 aliphatic carbocycles. The lowest BCUT2D eigenvalue weighted by molar-refractivity contribution is 0.0806. The summed E-state index contributed by atoms with van der Waals surface area (Å²) in [5, 5.41) is 0. The summed E-state index contributed by atoms with van der Waals surface area (Å²) in [5.74, 6) is 0.216. The highest BCUT2D eigenvalue weighted by Crippen LogP contribution is 2.27. The van der Waals surface area contributed by atoms with E-state index < -0.39 is 13.0 Å². The zero-order valence-electron chi connectivity index (χ0n) is 7.97. The summed E-state index contributed by atoms with van der Waals surface area (Å²) in [4.78, 5) is 10.7. The number of carbonyl (C=O) groups excluding carboxylic acids is 1. The van der Waals surface area contributed by atoms with Crippen molar-refractivity contribution >= 4 is 22.2 Å². The van der Waals surface area contributed by atoms with Crippen LogP contribution in [0.5, 0.6) is 5.75 Å². The zero-order valence-corrected chi connectivity index (χ0v) is 9.55. The SMILES string of the molecule is Cc1cc(Br)cc(C=O)c1OCC(F)F. The van der Waals surface area contributed by atoms with E-state index in [0.717, 1.165) is 0 Å². The second-order valence-corrected chi connectivity index (χ2v) is 3.88. The fourth-order valence-corrected chi connectivity index (χ4v) is 1.78. The van der Waals surface area contributed by atoms with Gasteiger partial charge in [0.25, 0.3) is 6.43 Å². The smallest absolute Gasteiger partial charge is 0.272 e. The van der Waals surface area contributed by atoms with Crippen LogP contribution in [0.15, 0.2) is 16.6 Å². The topological polar surface area (TPSA) is 26.3 Å². The van der Waals surface area contributed by atoms with E-state index in [1.165, 1.54) is 6.07 Å². The van der Waals surface area contributed by atoms with Gasteiger partial charge in [0.1, 0.15) is 12.4 Å². The average Bonchev–Trinajstić information content (AvgIpc) is 2.14. The Hall–Kier alpha value is -0.970. The lowest BCUT2D eigenvalue weighted by atomic mass is 10.1. The van der Waals surface area contributed by atoms with Crippen LogP contribution >= 0.6 is 15.9 Å². The van der Waals surface area contributed by atoms with Crippen molar-refractivity contribution in [3.63, 3.8) is 0 Å². The molecule has 0 aliphatic rings. The standard InChI is InChI=1S/C10H9BrF2O2/c1-6-2-8(11)3-7(4-14)10(6)15-5-9(12)13/h2-4,9H,5H2,1H3. The van der Waals surface area contributed by atoms with Gasteiger partial charge in [-0.2, -0.15) is 0 Å². The van der Waals surface area contributed by atoms with Crippen molar-refractivity contribution in [1.29, 1.82) is 0 Å². The van der Waals surface area contributed by atoms with Crippen LogP contribution in [0.1, 0.15) is 15.9 Å². The molecular weight excluding hydrogens is 270 g/mol. The van der Waals surface area contributed by atoms with Gasteiger partial charge in [-0.25, -0.2) is 8.78 Å². The maximum Gasteiger partial charge on any atom is 0.272 e. The summed E-state index contributed by atoms with van der Waals surface area (Å²) in [7, 11) is 0. The number of hydrogen-bond donors (Lipinski definition) is 0. The van der Waals surface area contributed by atoms with E-state index in [4.69, 9.17) is 4.74 Å². The molecule has 1 aromatic rings. The van der Waals surface area contributed by atoms with Gasteiger partial charge in [0.2, 0.25) is 0 Å². The number of aldehydes is 1. The largest absolute Gasteiger partial charge is 0.487 e. The molecule has 0 radical (unpaired) electrons. The van der Waals surface area contributed by atoms with Gasteiger partial charge in [0, 0.05) is 4.47 Å². The fourth-order valence-electron chi connectivity index (χ4n) is 1.19. The number of hydrogen-bond acceptors (Lipinski definition) is 2. The van der Waals surface area contributed by atoms with Gasteiger partial charge in [-0.1, -0.05) is 15.9 Å². The van der Waals surface area contributed by atoms with Crippen molar-refractivity contribution in [2.24, 2.45) is 0 Å². The third kappa shape index (κ3) is 3.27. The maximum absolute atomic E-state index is 11.9. The van der Waals surface area contributed by atoms with E-state index in [9.17, 15) is 13.6 Å². The molecule has 82 valence electrons. The molecule has 0 atom stereocenters. The summed E-state index contributed by atoms with van der Waals surface area (Å²) in [6, 6.07) is 3.23. The minimum absolute atomic E-state index is 0.216. The lowest BCUT2D eigenvalue weighted by Gasteiger charge is -2.11. The van der Waals surface area contributed by atoms with E-state index in [2.05, 4.69) is 15.9 Å². The van der Waals surface area contributed by atoms with Gasteiger partial charge < -0.3 is 4.74 Å². The molecule has 0 aliphatic heterocycles. The van der Waals surface area contributed by atoms with Gasteiger partial charge in [0.05, 0.1) is 5.56 Å². The Balaban J connectivity index is 2.99. The first-order valence-electron chi connectivity index (χ1n) is 4.21. The molecule has 1 aromatic carbocycles. The van der Waals surface area contributed by atoms with Crippen molar-refractivity contribution in [3.8, 4) is 5.75 Å². The Morgan fingerprint density at radius 2 is 2.20 bits per heavy atom. The number of carbonyl (C=O) groups is 1. The second kappa shape index (κ2) is 5.21. The van der Waals surface area contributed by atoms with Gasteiger partial charge in [-0.05, 0) is 24.6 Å². The first-order valence-corrected chi connectivity index (χ1v) is 5.00. The highest BCUT2D eigenvalue weighted by Gasteiger charge is 2.11. The van der Waals surface area contributed by atoms with E-state index in [1.54, 1.807) is 13.0 Å². The van der Waals surface area contributed by atoms with Crippen LogP contribution in [0.4, 0.5) is 8.78 Å². The first-order chi connectivity index (χ1) is 7.04. The van der Waals surface area contributed by atoms with Crippen molar-refractivity contribution in [2.75, 3.05) is 6.61 Å². The van der Waals surface area contributed by atoms with Crippen LogP contribution < -0.4 is 4.74 Å². The summed E-state index contributed by atoms with van der Waals surface area (Å²) in [6.45, 7) is 0.988. The van der Waals surface area contributed by atoms with E-state index in [0.29, 0.717) is 16.3 Å². The molecule has 0 unspecified atom stereocenters. The normalized spacial score (nSPS) is 10.5. The Kier molecular flexibility index (Phi) is 4.20. The highest BCUT2D eigenvalue weighted by molar-refractivity contribution is 9.10. The van der Waals surface area contributed by atoms with Crippen LogP contribution in [0.2, 0.25) is 0 Å². The molecule has 0 fully saturated rings. The first kappa shape index (κ1) is 12.1. The van der Waals surface area contributed by atoms with Gasteiger partial charge >= 0.3 is 0 Å². The molecule has 0 heterocycles. The molecule has 0 saturated carbocycles. The molecule has 0 amide bonds. The quantitative estimate of drug-likeness (QED) is 0.791. The van der Waals surface area contributed by atoms with Crippen LogP contribution in [-0.2, 0) is 0 Å². The lowest BCUT2D eigenvalue weighted by Crippen LogP contribution is -2.09. The number of ether oxygens (including phenoxy) is 1. The fraction of sp³-hybridized carbons (Fsp3) is 0.300.